The largest absolute Gasteiger partial charge is 0.490 e. The molecule has 4 heteroatoms. The topological polar surface area (TPSA) is 38.7 Å². The van der Waals surface area contributed by atoms with Gasteiger partial charge in [-0.2, -0.15) is 0 Å². The monoisotopic (exact) mass is 262 g/mol. The van der Waals surface area contributed by atoms with Gasteiger partial charge in [0, 0.05) is 5.56 Å². The Morgan fingerprint density at radius 2 is 1.79 bits per heavy atom. The Morgan fingerprint density at radius 3 is 2.47 bits per heavy atom. The molecular weight excluding hydrogens is 247 g/mol. The summed E-state index contributed by atoms with van der Waals surface area (Å²) >= 11 is 0. The number of halogens is 1. The lowest BCUT2D eigenvalue weighted by molar-refractivity contribution is 0.272. The van der Waals surface area contributed by atoms with Crippen LogP contribution in [0.5, 0.6) is 17.2 Å². The molecule has 0 fully saturated rings. The van der Waals surface area contributed by atoms with E-state index in [1.165, 1.54) is 12.1 Å². The summed E-state index contributed by atoms with van der Waals surface area (Å²) in [4.78, 5) is 0. The van der Waals surface area contributed by atoms with Gasteiger partial charge < -0.3 is 14.6 Å². The summed E-state index contributed by atoms with van der Waals surface area (Å²) in [5.74, 6) is 0.469. The Balaban J connectivity index is 2.36. The lowest BCUT2D eigenvalue weighted by atomic mass is 10.2. The van der Waals surface area contributed by atoms with E-state index in [1.54, 1.807) is 24.3 Å². The number of hydrogen-bond donors (Lipinski definition) is 1. The van der Waals surface area contributed by atoms with Gasteiger partial charge in [0.2, 0.25) is 0 Å². The quantitative estimate of drug-likeness (QED) is 0.896. The first kappa shape index (κ1) is 13.4. The molecule has 2 aromatic rings. The summed E-state index contributed by atoms with van der Waals surface area (Å²) in [6, 6.07) is 11.5. The van der Waals surface area contributed by atoms with Crippen LogP contribution in [-0.2, 0) is 6.61 Å². The van der Waals surface area contributed by atoms with E-state index in [-0.39, 0.29) is 12.4 Å². The fraction of sp³-hybridized carbons (Fsp3) is 0.200. The number of rotatable bonds is 5. The number of hydrogen-bond acceptors (Lipinski definition) is 3. The predicted molar refractivity (Wildman–Crippen MR) is 70.0 cm³/mol. The lowest BCUT2D eigenvalue weighted by Gasteiger charge is -2.13. The first-order valence-electron chi connectivity index (χ1n) is 6.04. The van der Waals surface area contributed by atoms with E-state index in [4.69, 9.17) is 9.47 Å². The molecular formula is C15H15FO3. The SMILES string of the molecule is CCOc1ccccc1Oc1c(F)cccc1CO. The maximum atomic E-state index is 13.8. The molecule has 100 valence electrons. The summed E-state index contributed by atoms with van der Waals surface area (Å²) < 4.78 is 24.7. The molecule has 3 nitrogen and oxygen atoms in total. The van der Waals surface area contributed by atoms with Crippen molar-refractivity contribution in [3.05, 3.63) is 53.8 Å². The predicted octanol–water partition coefficient (Wildman–Crippen LogP) is 3.51. The van der Waals surface area contributed by atoms with E-state index in [2.05, 4.69) is 0 Å². The average Bonchev–Trinajstić information content (AvgIpc) is 2.43. The number of para-hydroxylation sites is 3. The van der Waals surface area contributed by atoms with Crippen LogP contribution in [0, 0.1) is 5.82 Å². The Bertz CT molecular complexity index is 555. The van der Waals surface area contributed by atoms with Crippen LogP contribution in [-0.4, -0.2) is 11.7 Å². The van der Waals surface area contributed by atoms with Crippen molar-refractivity contribution in [2.24, 2.45) is 0 Å². The van der Waals surface area contributed by atoms with Crippen molar-refractivity contribution in [3.63, 3.8) is 0 Å². The van der Waals surface area contributed by atoms with Gasteiger partial charge in [-0.1, -0.05) is 24.3 Å². The van der Waals surface area contributed by atoms with Crippen molar-refractivity contribution in [1.29, 1.82) is 0 Å². The van der Waals surface area contributed by atoms with Crippen LogP contribution in [0.25, 0.3) is 0 Å². The zero-order chi connectivity index (χ0) is 13.7. The van der Waals surface area contributed by atoms with Crippen LogP contribution in [0.3, 0.4) is 0 Å². The molecule has 0 spiro atoms. The molecule has 0 heterocycles. The van der Waals surface area contributed by atoms with Gasteiger partial charge in [-0.05, 0) is 25.1 Å². The van der Waals surface area contributed by atoms with Gasteiger partial charge in [0.25, 0.3) is 0 Å². The first-order chi connectivity index (χ1) is 9.26. The van der Waals surface area contributed by atoms with Crippen molar-refractivity contribution in [1.82, 2.24) is 0 Å². The molecule has 0 aliphatic rings. The molecule has 1 N–H and O–H groups in total. The van der Waals surface area contributed by atoms with Gasteiger partial charge in [-0.15, -0.1) is 0 Å². The molecule has 0 atom stereocenters. The molecule has 0 bridgehead atoms. The normalized spacial score (nSPS) is 10.3. The highest BCUT2D eigenvalue weighted by atomic mass is 19.1. The molecule has 0 aliphatic carbocycles. The third-order valence-corrected chi connectivity index (χ3v) is 2.58. The number of aliphatic hydroxyl groups is 1. The van der Waals surface area contributed by atoms with Crippen LogP contribution in [0.15, 0.2) is 42.5 Å². The van der Waals surface area contributed by atoms with Gasteiger partial charge in [0.1, 0.15) is 0 Å². The Hall–Kier alpha value is -2.07. The molecule has 19 heavy (non-hydrogen) atoms. The van der Waals surface area contributed by atoms with Crippen LogP contribution < -0.4 is 9.47 Å². The molecule has 0 amide bonds. The number of ether oxygens (including phenoxy) is 2. The number of benzene rings is 2. The van der Waals surface area contributed by atoms with Gasteiger partial charge >= 0.3 is 0 Å². The van der Waals surface area contributed by atoms with E-state index >= 15 is 0 Å². The van der Waals surface area contributed by atoms with E-state index < -0.39 is 5.82 Å². The van der Waals surface area contributed by atoms with E-state index in [9.17, 15) is 9.50 Å². The van der Waals surface area contributed by atoms with Crippen LogP contribution in [0.1, 0.15) is 12.5 Å². The second-order valence-electron chi connectivity index (χ2n) is 3.87. The number of aliphatic hydroxyl groups excluding tert-OH is 1. The third-order valence-electron chi connectivity index (χ3n) is 2.58. The molecule has 2 aromatic carbocycles. The molecule has 0 aliphatic heterocycles. The fourth-order valence-corrected chi connectivity index (χ4v) is 1.71. The highest BCUT2D eigenvalue weighted by Gasteiger charge is 2.12. The highest BCUT2D eigenvalue weighted by Crippen LogP contribution is 2.34. The van der Waals surface area contributed by atoms with Crippen molar-refractivity contribution in [2.45, 2.75) is 13.5 Å². The summed E-state index contributed by atoms with van der Waals surface area (Å²) in [7, 11) is 0. The zero-order valence-corrected chi connectivity index (χ0v) is 10.6. The summed E-state index contributed by atoms with van der Waals surface area (Å²) in [5.41, 5.74) is 0.395. The summed E-state index contributed by atoms with van der Waals surface area (Å²) in [6.45, 7) is 2.06. The molecule has 2 rings (SSSR count). The molecule has 0 unspecified atom stereocenters. The minimum Gasteiger partial charge on any atom is -0.490 e. The zero-order valence-electron chi connectivity index (χ0n) is 10.6. The maximum Gasteiger partial charge on any atom is 0.169 e. The Labute approximate surface area is 111 Å². The minimum absolute atomic E-state index is 0.0251. The molecule has 0 aromatic heterocycles. The fourth-order valence-electron chi connectivity index (χ4n) is 1.71. The summed E-state index contributed by atoms with van der Waals surface area (Å²) in [5, 5.41) is 9.22. The van der Waals surface area contributed by atoms with Crippen molar-refractivity contribution in [3.8, 4) is 17.2 Å². The Morgan fingerprint density at radius 1 is 1.05 bits per heavy atom. The van der Waals surface area contributed by atoms with Crippen LogP contribution >= 0.6 is 0 Å². The van der Waals surface area contributed by atoms with E-state index in [0.29, 0.717) is 23.7 Å². The van der Waals surface area contributed by atoms with Gasteiger partial charge in [0.15, 0.2) is 23.1 Å². The Kier molecular flexibility index (Phi) is 4.36. The molecule has 0 saturated heterocycles. The van der Waals surface area contributed by atoms with Crippen LogP contribution in [0.2, 0.25) is 0 Å². The first-order valence-corrected chi connectivity index (χ1v) is 6.04. The maximum absolute atomic E-state index is 13.8. The second-order valence-corrected chi connectivity index (χ2v) is 3.87. The molecule has 0 radical (unpaired) electrons. The van der Waals surface area contributed by atoms with Crippen molar-refractivity contribution < 1.29 is 19.0 Å². The standard InChI is InChI=1S/C15H15FO3/c1-2-18-13-8-3-4-9-14(13)19-15-11(10-17)6-5-7-12(15)16/h3-9,17H,2,10H2,1H3. The smallest absolute Gasteiger partial charge is 0.169 e. The summed E-state index contributed by atoms with van der Waals surface area (Å²) in [6.07, 6.45) is 0. The second kappa shape index (κ2) is 6.20. The van der Waals surface area contributed by atoms with E-state index in [0.717, 1.165) is 0 Å². The van der Waals surface area contributed by atoms with Gasteiger partial charge in [0.05, 0.1) is 13.2 Å². The highest BCUT2D eigenvalue weighted by molar-refractivity contribution is 5.45. The molecule has 0 saturated carbocycles. The van der Waals surface area contributed by atoms with Crippen molar-refractivity contribution >= 4 is 0 Å². The van der Waals surface area contributed by atoms with Gasteiger partial charge in [-0.25, -0.2) is 4.39 Å². The van der Waals surface area contributed by atoms with Crippen LogP contribution in [0.4, 0.5) is 4.39 Å². The van der Waals surface area contributed by atoms with Gasteiger partial charge in [-0.3, -0.25) is 0 Å². The van der Waals surface area contributed by atoms with Crippen molar-refractivity contribution in [2.75, 3.05) is 6.61 Å². The third kappa shape index (κ3) is 3.03. The average molecular weight is 262 g/mol. The lowest BCUT2D eigenvalue weighted by Crippen LogP contribution is -1.98. The minimum atomic E-state index is -0.516. The van der Waals surface area contributed by atoms with E-state index in [1.807, 2.05) is 13.0 Å².